The number of amidine groups is 1. The number of methoxy groups -OCH3 is 1. The lowest BCUT2D eigenvalue weighted by molar-refractivity contribution is -0.115. The Morgan fingerprint density at radius 3 is 2.60 bits per heavy atom. The van der Waals surface area contributed by atoms with Gasteiger partial charge in [-0.1, -0.05) is 51.2 Å². The van der Waals surface area contributed by atoms with Crippen molar-refractivity contribution in [3.63, 3.8) is 0 Å². The van der Waals surface area contributed by atoms with E-state index in [0.29, 0.717) is 33.9 Å². The summed E-state index contributed by atoms with van der Waals surface area (Å²) in [7, 11) is 1.60. The first-order valence-corrected chi connectivity index (χ1v) is 12.7. The number of thioether (sulfide) groups is 1. The third-order valence-corrected chi connectivity index (χ3v) is 6.48. The van der Waals surface area contributed by atoms with E-state index in [0.717, 1.165) is 24.0 Å². The molecule has 7 nitrogen and oxygen atoms in total. The fraction of sp³-hybridized carbons (Fsp3) is 0.370. The van der Waals surface area contributed by atoms with Crippen molar-refractivity contribution in [1.82, 2.24) is 5.32 Å². The summed E-state index contributed by atoms with van der Waals surface area (Å²) in [5, 5.41) is 12.4. The molecular weight excluding hydrogens is 464 g/mol. The minimum absolute atomic E-state index is 0.144. The topological polar surface area (TPSA) is 97.2 Å². The molecule has 1 saturated heterocycles. The molecular formula is C27H32N2O5S. The van der Waals surface area contributed by atoms with Crippen LogP contribution >= 0.6 is 11.8 Å². The second-order valence-corrected chi connectivity index (χ2v) is 9.35. The first-order valence-electron chi connectivity index (χ1n) is 11.9. The van der Waals surface area contributed by atoms with E-state index in [1.165, 1.54) is 49.6 Å². The highest BCUT2D eigenvalue weighted by Crippen LogP contribution is 2.33. The summed E-state index contributed by atoms with van der Waals surface area (Å²) in [5.41, 5.74) is 2.27. The Morgan fingerprint density at radius 1 is 1.09 bits per heavy atom. The zero-order valence-corrected chi connectivity index (χ0v) is 21.2. The Kier molecular flexibility index (Phi) is 9.78. The van der Waals surface area contributed by atoms with Crippen molar-refractivity contribution in [3.05, 3.63) is 58.0 Å². The molecule has 1 aliphatic heterocycles. The molecule has 0 bridgehead atoms. The molecule has 1 aliphatic rings. The van der Waals surface area contributed by atoms with Crippen LogP contribution in [-0.4, -0.2) is 35.9 Å². The Labute approximate surface area is 210 Å². The van der Waals surface area contributed by atoms with Crippen molar-refractivity contribution in [3.8, 4) is 11.5 Å². The molecule has 2 aromatic rings. The number of carboxylic acids is 1. The number of benzene rings is 2. The standard InChI is InChI=1S/C27H32N2O5S/c1-4-5-6-7-8-9-14-34-22-13-11-19(15-23(22)33-3)16-24-25(30)29-27(35-24)28-21-17-20(26(31)32)12-10-18(21)2/h10-13,15-17H,4-9,14H2,1-3H3,(H,31,32)(H,28,29,30)/b24-16-. The summed E-state index contributed by atoms with van der Waals surface area (Å²) in [5.74, 6) is 0.0122. The molecule has 2 aromatic carbocycles. The second kappa shape index (κ2) is 13.0. The predicted octanol–water partition coefficient (Wildman–Crippen LogP) is 6.33. The number of carbonyl (C=O) groups excluding carboxylic acids is 1. The molecule has 1 fully saturated rings. The molecule has 3 rings (SSSR count). The Hall–Kier alpha value is -3.26. The van der Waals surface area contributed by atoms with Crippen molar-refractivity contribution >= 4 is 40.6 Å². The number of carbonyl (C=O) groups is 2. The summed E-state index contributed by atoms with van der Waals surface area (Å²) in [6.07, 6.45) is 8.96. The SMILES string of the molecule is CCCCCCCCOc1ccc(/C=C2\SC(=Nc3cc(C(=O)O)ccc3C)NC2=O)cc1OC. The van der Waals surface area contributed by atoms with Gasteiger partial charge >= 0.3 is 5.97 Å². The van der Waals surface area contributed by atoms with Crippen LogP contribution in [0.4, 0.5) is 5.69 Å². The molecule has 0 unspecified atom stereocenters. The number of hydrogen-bond donors (Lipinski definition) is 2. The van der Waals surface area contributed by atoms with Gasteiger partial charge in [0.25, 0.3) is 5.91 Å². The number of nitrogens with zero attached hydrogens (tertiary/aromatic N) is 1. The van der Waals surface area contributed by atoms with Gasteiger partial charge in [-0.15, -0.1) is 0 Å². The monoisotopic (exact) mass is 496 g/mol. The van der Waals surface area contributed by atoms with E-state index in [-0.39, 0.29) is 11.5 Å². The molecule has 0 radical (unpaired) electrons. The highest BCUT2D eigenvalue weighted by atomic mass is 32.2. The van der Waals surface area contributed by atoms with Gasteiger partial charge in [0.2, 0.25) is 0 Å². The lowest BCUT2D eigenvalue weighted by Crippen LogP contribution is -2.19. The Bertz CT molecular complexity index is 1130. The summed E-state index contributed by atoms with van der Waals surface area (Å²) >= 11 is 1.20. The van der Waals surface area contributed by atoms with Gasteiger partial charge in [-0.3, -0.25) is 4.79 Å². The number of carboxylic acid groups (broad SMARTS) is 1. The molecule has 8 heteroatoms. The van der Waals surface area contributed by atoms with E-state index in [1.54, 1.807) is 19.3 Å². The number of aryl methyl sites for hydroxylation is 1. The number of aliphatic imine (C=N–C) groups is 1. The van der Waals surface area contributed by atoms with Gasteiger partial charge in [0.1, 0.15) is 0 Å². The lowest BCUT2D eigenvalue weighted by Gasteiger charge is -2.11. The molecule has 35 heavy (non-hydrogen) atoms. The zero-order chi connectivity index (χ0) is 25.2. The fourth-order valence-electron chi connectivity index (χ4n) is 3.56. The van der Waals surface area contributed by atoms with Gasteiger partial charge in [-0.2, -0.15) is 0 Å². The number of unbranched alkanes of at least 4 members (excludes halogenated alkanes) is 5. The maximum Gasteiger partial charge on any atom is 0.335 e. The van der Waals surface area contributed by atoms with Crippen LogP contribution in [-0.2, 0) is 4.79 Å². The number of ether oxygens (including phenoxy) is 2. The maximum atomic E-state index is 12.5. The first kappa shape index (κ1) is 26.3. The molecule has 0 saturated carbocycles. The highest BCUT2D eigenvalue weighted by Gasteiger charge is 2.24. The minimum Gasteiger partial charge on any atom is -0.493 e. The van der Waals surface area contributed by atoms with Gasteiger partial charge in [-0.25, -0.2) is 9.79 Å². The average molecular weight is 497 g/mol. The lowest BCUT2D eigenvalue weighted by atomic mass is 10.1. The van der Waals surface area contributed by atoms with Crippen molar-refractivity contribution in [2.45, 2.75) is 52.4 Å². The molecule has 2 N–H and O–H groups in total. The van der Waals surface area contributed by atoms with Crippen LogP contribution in [0.25, 0.3) is 6.08 Å². The normalized spacial score (nSPS) is 15.5. The van der Waals surface area contributed by atoms with E-state index in [9.17, 15) is 14.7 Å². The second-order valence-electron chi connectivity index (χ2n) is 8.31. The quantitative estimate of drug-likeness (QED) is 0.263. The Morgan fingerprint density at radius 2 is 1.86 bits per heavy atom. The van der Waals surface area contributed by atoms with Crippen LogP contribution in [0.1, 0.15) is 66.9 Å². The fourth-order valence-corrected chi connectivity index (χ4v) is 4.40. The van der Waals surface area contributed by atoms with E-state index in [1.807, 2.05) is 25.1 Å². The van der Waals surface area contributed by atoms with E-state index in [2.05, 4.69) is 17.2 Å². The van der Waals surface area contributed by atoms with Crippen LogP contribution < -0.4 is 14.8 Å². The average Bonchev–Trinajstić information content (AvgIpc) is 3.18. The van der Waals surface area contributed by atoms with E-state index < -0.39 is 5.97 Å². The molecule has 0 aliphatic carbocycles. The molecule has 0 aromatic heterocycles. The molecule has 186 valence electrons. The third kappa shape index (κ3) is 7.62. The van der Waals surface area contributed by atoms with Crippen LogP contribution in [0.3, 0.4) is 0 Å². The van der Waals surface area contributed by atoms with Gasteiger partial charge in [0, 0.05) is 0 Å². The zero-order valence-electron chi connectivity index (χ0n) is 20.4. The molecule has 0 atom stereocenters. The minimum atomic E-state index is -1.02. The van der Waals surface area contributed by atoms with Crippen molar-refractivity contribution < 1.29 is 24.2 Å². The van der Waals surface area contributed by atoms with Crippen LogP contribution in [0, 0.1) is 6.92 Å². The van der Waals surface area contributed by atoms with Gasteiger partial charge in [0.05, 0.1) is 29.9 Å². The summed E-state index contributed by atoms with van der Waals surface area (Å²) < 4.78 is 11.4. The molecule has 0 spiro atoms. The third-order valence-electron chi connectivity index (χ3n) is 5.57. The number of amides is 1. The largest absolute Gasteiger partial charge is 0.493 e. The van der Waals surface area contributed by atoms with Crippen molar-refractivity contribution in [1.29, 1.82) is 0 Å². The van der Waals surface area contributed by atoms with Crippen LogP contribution in [0.15, 0.2) is 46.3 Å². The smallest absolute Gasteiger partial charge is 0.335 e. The number of aromatic carboxylic acids is 1. The molecule has 1 amide bonds. The predicted molar refractivity (Wildman–Crippen MR) is 141 cm³/mol. The van der Waals surface area contributed by atoms with Crippen molar-refractivity contribution in [2.24, 2.45) is 4.99 Å². The van der Waals surface area contributed by atoms with Crippen molar-refractivity contribution in [2.75, 3.05) is 13.7 Å². The number of hydrogen-bond acceptors (Lipinski definition) is 6. The van der Waals surface area contributed by atoms with E-state index >= 15 is 0 Å². The van der Waals surface area contributed by atoms with Crippen LogP contribution in [0.5, 0.6) is 11.5 Å². The number of nitrogens with one attached hydrogen (secondary N) is 1. The summed E-state index contributed by atoms with van der Waals surface area (Å²) in [4.78, 5) is 28.7. The van der Waals surface area contributed by atoms with Gasteiger partial charge < -0.3 is 19.9 Å². The summed E-state index contributed by atoms with van der Waals surface area (Å²) in [6, 6.07) is 10.3. The maximum absolute atomic E-state index is 12.5. The van der Waals surface area contributed by atoms with E-state index in [4.69, 9.17) is 9.47 Å². The Balaban J connectivity index is 1.66. The summed E-state index contributed by atoms with van der Waals surface area (Å²) in [6.45, 7) is 4.69. The van der Waals surface area contributed by atoms with Gasteiger partial charge in [-0.05, 0) is 66.6 Å². The first-order chi connectivity index (χ1) is 16.9. The molecule has 1 heterocycles. The number of rotatable bonds is 12. The highest BCUT2D eigenvalue weighted by molar-refractivity contribution is 8.18. The van der Waals surface area contributed by atoms with Crippen LogP contribution in [0.2, 0.25) is 0 Å². The van der Waals surface area contributed by atoms with Gasteiger partial charge in [0.15, 0.2) is 16.7 Å².